The Balaban J connectivity index is 2.24. The molecule has 0 spiro atoms. The first kappa shape index (κ1) is 14.8. The van der Waals surface area contributed by atoms with E-state index >= 15 is 0 Å². The van der Waals surface area contributed by atoms with Crippen LogP contribution in [-0.4, -0.2) is 22.4 Å². The molecule has 0 saturated heterocycles. The number of rotatable bonds is 3. The quantitative estimate of drug-likeness (QED) is 0.648. The minimum Gasteiger partial charge on any atom is -0.501 e. The highest BCUT2D eigenvalue weighted by Crippen LogP contribution is 2.41. The maximum absolute atomic E-state index is 11.0. The topological polar surface area (TPSA) is 83.1 Å². The first-order valence-electron chi connectivity index (χ1n) is 6.80. The molecule has 1 atom stereocenters. The van der Waals surface area contributed by atoms with Gasteiger partial charge in [0, 0.05) is 11.1 Å². The van der Waals surface area contributed by atoms with Crippen molar-refractivity contribution in [3.8, 4) is 29.8 Å². The van der Waals surface area contributed by atoms with Gasteiger partial charge in [-0.1, -0.05) is 30.2 Å². The van der Waals surface area contributed by atoms with Gasteiger partial charge in [0.15, 0.2) is 5.60 Å². The summed E-state index contributed by atoms with van der Waals surface area (Å²) in [5.41, 5.74) is -0.743. The number of para-hydroxylation sites is 1. The largest absolute Gasteiger partial charge is 0.501 e. The molecule has 3 rings (SSSR count). The van der Waals surface area contributed by atoms with Gasteiger partial charge in [0.25, 0.3) is 0 Å². The third kappa shape index (κ3) is 2.17. The van der Waals surface area contributed by atoms with Crippen LogP contribution in [0.1, 0.15) is 11.1 Å². The molecule has 23 heavy (non-hydrogen) atoms. The van der Waals surface area contributed by atoms with Crippen LogP contribution in [-0.2, 0) is 5.60 Å². The normalized spacial score (nSPS) is 13.4. The Kier molecular flexibility index (Phi) is 3.40. The molecule has 116 valence electrons. The smallest absolute Gasteiger partial charge is 0.327 e. The molecule has 1 aromatic heterocycles. The Hall–Kier alpha value is -3.10. The molecule has 0 saturated carbocycles. The predicted molar refractivity (Wildman–Crippen MR) is 84.4 cm³/mol. The number of furan rings is 1. The fourth-order valence-corrected chi connectivity index (χ4v) is 2.56. The third-order valence-electron chi connectivity index (χ3n) is 3.77. The zero-order valence-corrected chi connectivity index (χ0v) is 12.3. The van der Waals surface area contributed by atoms with Crippen molar-refractivity contribution in [2.24, 2.45) is 0 Å². The number of terminal acetylenes is 1. The van der Waals surface area contributed by atoms with Gasteiger partial charge in [-0.05, 0) is 18.2 Å². The molecule has 0 bridgehead atoms. The van der Waals surface area contributed by atoms with E-state index in [4.69, 9.17) is 15.6 Å². The molecule has 2 aromatic carbocycles. The third-order valence-corrected chi connectivity index (χ3v) is 3.77. The molecule has 0 aliphatic heterocycles. The summed E-state index contributed by atoms with van der Waals surface area (Å²) in [7, 11) is 1.49. The van der Waals surface area contributed by atoms with E-state index < -0.39 is 17.3 Å². The average Bonchev–Trinajstić information content (AvgIpc) is 2.88. The van der Waals surface area contributed by atoms with E-state index in [2.05, 4.69) is 5.92 Å². The van der Waals surface area contributed by atoms with Gasteiger partial charge in [-0.25, -0.2) is 0 Å². The van der Waals surface area contributed by atoms with Crippen molar-refractivity contribution < 1.29 is 24.5 Å². The zero-order valence-electron chi connectivity index (χ0n) is 12.3. The van der Waals surface area contributed by atoms with Crippen LogP contribution in [0.5, 0.6) is 17.4 Å². The predicted octanol–water partition coefficient (Wildman–Crippen LogP) is 2.72. The number of fused-ring (bicyclic) bond motifs is 1. The molecule has 1 heterocycles. The highest BCUT2D eigenvalue weighted by Gasteiger charge is 2.33. The monoisotopic (exact) mass is 310 g/mol. The molecular formula is C18H14O5. The van der Waals surface area contributed by atoms with Crippen molar-refractivity contribution in [2.45, 2.75) is 5.60 Å². The maximum Gasteiger partial charge on any atom is 0.327 e. The van der Waals surface area contributed by atoms with Crippen molar-refractivity contribution in [1.82, 2.24) is 0 Å². The van der Waals surface area contributed by atoms with E-state index in [1.165, 1.54) is 19.2 Å². The van der Waals surface area contributed by atoms with Gasteiger partial charge in [-0.15, -0.1) is 6.42 Å². The SMILES string of the molecule is C#CC(O)(c1ccc2oc(O)c(O)c2c1)c1ccccc1OC. The Labute approximate surface area is 132 Å². The van der Waals surface area contributed by atoms with Crippen LogP contribution in [0.25, 0.3) is 11.0 Å². The van der Waals surface area contributed by atoms with Crippen LogP contribution >= 0.6 is 0 Å². The molecular weight excluding hydrogens is 296 g/mol. The van der Waals surface area contributed by atoms with Crippen molar-refractivity contribution in [1.29, 1.82) is 0 Å². The van der Waals surface area contributed by atoms with Crippen LogP contribution in [0.3, 0.4) is 0 Å². The highest BCUT2D eigenvalue weighted by molar-refractivity contribution is 5.87. The number of ether oxygens (including phenoxy) is 1. The molecule has 5 nitrogen and oxygen atoms in total. The van der Waals surface area contributed by atoms with Gasteiger partial charge in [-0.3, -0.25) is 0 Å². The second-order valence-electron chi connectivity index (χ2n) is 5.02. The van der Waals surface area contributed by atoms with E-state index in [1.807, 2.05) is 0 Å². The standard InChI is InChI=1S/C18H14O5/c1-3-18(21,13-6-4-5-7-15(13)22-2)11-8-9-14-12(10-11)16(19)17(20)23-14/h1,4-10,19-21H,2H3. The van der Waals surface area contributed by atoms with Gasteiger partial charge < -0.3 is 24.5 Å². The van der Waals surface area contributed by atoms with E-state index in [1.54, 1.807) is 30.3 Å². The molecule has 0 aliphatic carbocycles. The molecule has 3 aromatic rings. The summed E-state index contributed by atoms with van der Waals surface area (Å²) in [5, 5.41) is 30.6. The molecule has 5 heteroatoms. The molecule has 0 radical (unpaired) electrons. The number of benzene rings is 2. The Morgan fingerprint density at radius 2 is 1.91 bits per heavy atom. The lowest BCUT2D eigenvalue weighted by molar-refractivity contribution is 0.141. The summed E-state index contributed by atoms with van der Waals surface area (Å²) >= 11 is 0. The summed E-state index contributed by atoms with van der Waals surface area (Å²) in [4.78, 5) is 0. The van der Waals surface area contributed by atoms with Crippen molar-refractivity contribution in [3.63, 3.8) is 0 Å². The Morgan fingerprint density at radius 3 is 2.61 bits per heavy atom. The number of aromatic hydroxyl groups is 2. The van der Waals surface area contributed by atoms with Gasteiger partial charge in [0.2, 0.25) is 5.75 Å². The Morgan fingerprint density at radius 1 is 1.17 bits per heavy atom. The zero-order chi connectivity index (χ0) is 16.6. The van der Waals surface area contributed by atoms with Crippen LogP contribution in [0.4, 0.5) is 0 Å². The minimum atomic E-state index is -1.76. The number of methoxy groups -OCH3 is 1. The summed E-state index contributed by atoms with van der Waals surface area (Å²) in [6.45, 7) is 0. The van der Waals surface area contributed by atoms with Gasteiger partial charge in [-0.2, -0.15) is 0 Å². The number of hydrogen-bond acceptors (Lipinski definition) is 5. The van der Waals surface area contributed by atoms with Gasteiger partial charge in [0.05, 0.1) is 12.5 Å². The minimum absolute atomic E-state index is 0.253. The number of aliphatic hydroxyl groups is 1. The lowest BCUT2D eigenvalue weighted by Gasteiger charge is -2.25. The molecule has 0 aliphatic rings. The Bertz CT molecular complexity index is 919. The van der Waals surface area contributed by atoms with Crippen LogP contribution in [0, 0.1) is 12.3 Å². The lowest BCUT2D eigenvalue weighted by atomic mass is 9.86. The lowest BCUT2D eigenvalue weighted by Crippen LogP contribution is -2.25. The second-order valence-corrected chi connectivity index (χ2v) is 5.02. The maximum atomic E-state index is 11.0. The fraction of sp³-hybridized carbons (Fsp3) is 0.111. The van der Waals surface area contributed by atoms with Crippen LogP contribution in [0.15, 0.2) is 46.9 Å². The fourth-order valence-electron chi connectivity index (χ4n) is 2.56. The molecule has 3 N–H and O–H groups in total. The molecule has 0 fully saturated rings. The van der Waals surface area contributed by atoms with Gasteiger partial charge in [0.1, 0.15) is 11.3 Å². The highest BCUT2D eigenvalue weighted by atomic mass is 16.5. The summed E-state index contributed by atoms with van der Waals surface area (Å²) in [5.74, 6) is 1.83. The van der Waals surface area contributed by atoms with Crippen molar-refractivity contribution in [2.75, 3.05) is 7.11 Å². The average molecular weight is 310 g/mol. The summed E-state index contributed by atoms with van der Waals surface area (Å²) in [6.07, 6.45) is 5.59. The molecule has 0 amide bonds. The van der Waals surface area contributed by atoms with E-state index in [-0.39, 0.29) is 11.0 Å². The van der Waals surface area contributed by atoms with Crippen molar-refractivity contribution >= 4 is 11.0 Å². The summed E-state index contributed by atoms with van der Waals surface area (Å²) < 4.78 is 10.3. The number of hydrogen-bond donors (Lipinski definition) is 3. The van der Waals surface area contributed by atoms with E-state index in [0.29, 0.717) is 16.9 Å². The first-order valence-corrected chi connectivity index (χ1v) is 6.80. The van der Waals surface area contributed by atoms with Crippen molar-refractivity contribution in [3.05, 3.63) is 53.6 Å². The first-order chi connectivity index (χ1) is 11.0. The van der Waals surface area contributed by atoms with E-state index in [0.717, 1.165) is 0 Å². The van der Waals surface area contributed by atoms with Crippen LogP contribution < -0.4 is 4.74 Å². The summed E-state index contributed by atoms with van der Waals surface area (Å²) in [6, 6.07) is 11.4. The van der Waals surface area contributed by atoms with Crippen LogP contribution in [0.2, 0.25) is 0 Å². The molecule has 1 unspecified atom stereocenters. The second kappa shape index (κ2) is 5.27. The van der Waals surface area contributed by atoms with Gasteiger partial charge >= 0.3 is 5.95 Å². The van der Waals surface area contributed by atoms with E-state index in [9.17, 15) is 15.3 Å².